The van der Waals surface area contributed by atoms with Crippen LogP contribution in [-0.2, 0) is 18.3 Å². The van der Waals surface area contributed by atoms with Gasteiger partial charge in [-0.1, -0.05) is 12.1 Å². The van der Waals surface area contributed by atoms with E-state index < -0.39 is 0 Å². The van der Waals surface area contributed by atoms with Crippen molar-refractivity contribution in [2.75, 3.05) is 5.32 Å². The molecule has 0 unspecified atom stereocenters. The summed E-state index contributed by atoms with van der Waals surface area (Å²) in [7, 11) is 1.83. The van der Waals surface area contributed by atoms with Crippen LogP contribution in [0.4, 0.5) is 5.69 Å². The van der Waals surface area contributed by atoms with Crippen molar-refractivity contribution < 1.29 is 9.90 Å². The van der Waals surface area contributed by atoms with Crippen molar-refractivity contribution in [2.45, 2.75) is 6.42 Å². The Kier molecular flexibility index (Phi) is 3.09. The van der Waals surface area contributed by atoms with Crippen LogP contribution >= 0.6 is 0 Å². The van der Waals surface area contributed by atoms with Crippen molar-refractivity contribution in [2.24, 2.45) is 7.05 Å². The van der Waals surface area contributed by atoms with Crippen LogP contribution in [0.5, 0.6) is 5.75 Å². The van der Waals surface area contributed by atoms with Crippen molar-refractivity contribution in [1.82, 2.24) is 9.55 Å². The van der Waals surface area contributed by atoms with Gasteiger partial charge >= 0.3 is 0 Å². The molecule has 0 atom stereocenters. The lowest BCUT2D eigenvalue weighted by Crippen LogP contribution is -2.16. The third-order valence-electron chi connectivity index (χ3n) is 2.42. The summed E-state index contributed by atoms with van der Waals surface area (Å²) in [5.74, 6) is 0.527. The summed E-state index contributed by atoms with van der Waals surface area (Å²) in [6.07, 6.45) is 3.60. The normalized spacial score (nSPS) is 10.2. The first-order valence-electron chi connectivity index (χ1n) is 5.21. The number of hydrogen-bond acceptors (Lipinski definition) is 3. The summed E-state index contributed by atoms with van der Waals surface area (Å²) < 4.78 is 1.78. The molecule has 0 fully saturated rings. The highest BCUT2D eigenvalue weighted by Crippen LogP contribution is 2.21. The number of carbonyl (C=O) groups excluding carboxylic acids is 1. The van der Waals surface area contributed by atoms with Crippen LogP contribution in [0.2, 0.25) is 0 Å². The van der Waals surface area contributed by atoms with Gasteiger partial charge in [0, 0.05) is 19.4 Å². The lowest BCUT2D eigenvalue weighted by atomic mass is 10.3. The van der Waals surface area contributed by atoms with Crippen molar-refractivity contribution in [3.8, 4) is 5.75 Å². The number of aryl methyl sites for hydroxylation is 1. The maximum atomic E-state index is 11.7. The molecule has 0 saturated carbocycles. The second kappa shape index (κ2) is 4.69. The number of aromatic nitrogens is 2. The molecular weight excluding hydrogens is 218 g/mol. The van der Waals surface area contributed by atoms with Crippen molar-refractivity contribution in [1.29, 1.82) is 0 Å². The summed E-state index contributed by atoms with van der Waals surface area (Å²) in [5, 5.41) is 12.1. The Bertz CT molecular complexity index is 534. The van der Waals surface area contributed by atoms with E-state index in [1.807, 2.05) is 7.05 Å². The van der Waals surface area contributed by atoms with Gasteiger partial charge in [-0.15, -0.1) is 0 Å². The molecule has 1 aromatic heterocycles. The van der Waals surface area contributed by atoms with Gasteiger partial charge in [0.1, 0.15) is 11.6 Å². The first kappa shape index (κ1) is 11.2. The molecule has 1 aromatic carbocycles. The van der Waals surface area contributed by atoms with Crippen LogP contribution in [0.1, 0.15) is 5.82 Å². The molecule has 5 heteroatoms. The lowest BCUT2D eigenvalue weighted by Gasteiger charge is -2.06. The van der Waals surface area contributed by atoms with E-state index in [2.05, 4.69) is 10.3 Å². The number of rotatable bonds is 3. The second-order valence-corrected chi connectivity index (χ2v) is 3.70. The molecular formula is C12H13N3O2. The van der Waals surface area contributed by atoms with Gasteiger partial charge in [0.15, 0.2) is 0 Å². The minimum Gasteiger partial charge on any atom is -0.506 e. The number of imidazole rings is 1. The Labute approximate surface area is 98.7 Å². The lowest BCUT2D eigenvalue weighted by molar-refractivity contribution is -0.115. The Balaban J connectivity index is 2.03. The summed E-state index contributed by atoms with van der Waals surface area (Å²) in [6.45, 7) is 0. The highest BCUT2D eigenvalue weighted by Gasteiger charge is 2.09. The van der Waals surface area contributed by atoms with Gasteiger partial charge in [0.2, 0.25) is 5.91 Å². The van der Waals surface area contributed by atoms with Gasteiger partial charge < -0.3 is 15.0 Å². The zero-order valence-electron chi connectivity index (χ0n) is 9.42. The summed E-state index contributed by atoms with van der Waals surface area (Å²) in [4.78, 5) is 15.8. The number of hydrogen-bond donors (Lipinski definition) is 2. The number of aromatic hydroxyl groups is 1. The van der Waals surface area contributed by atoms with Crippen molar-refractivity contribution in [3.63, 3.8) is 0 Å². The predicted molar refractivity (Wildman–Crippen MR) is 63.6 cm³/mol. The average molecular weight is 231 g/mol. The van der Waals surface area contributed by atoms with Crippen LogP contribution in [0.15, 0.2) is 36.7 Å². The number of amides is 1. The van der Waals surface area contributed by atoms with E-state index in [1.54, 1.807) is 35.2 Å². The predicted octanol–water partition coefficient (Wildman–Crippen LogP) is 1.31. The van der Waals surface area contributed by atoms with Crippen molar-refractivity contribution >= 4 is 11.6 Å². The monoisotopic (exact) mass is 231 g/mol. The van der Waals surface area contributed by atoms with E-state index in [4.69, 9.17) is 0 Å². The molecule has 1 amide bonds. The molecule has 0 aliphatic carbocycles. The quantitative estimate of drug-likeness (QED) is 0.782. The van der Waals surface area contributed by atoms with Gasteiger partial charge in [-0.2, -0.15) is 0 Å². The number of nitrogens with one attached hydrogen (secondary N) is 1. The van der Waals surface area contributed by atoms with E-state index in [0.717, 1.165) is 0 Å². The average Bonchev–Trinajstić information content (AvgIpc) is 2.68. The second-order valence-electron chi connectivity index (χ2n) is 3.70. The Morgan fingerprint density at radius 1 is 1.47 bits per heavy atom. The van der Waals surface area contributed by atoms with E-state index >= 15 is 0 Å². The smallest absolute Gasteiger partial charge is 0.232 e. The number of phenolic OH excluding ortho intramolecular Hbond substituents is 1. The third kappa shape index (κ3) is 2.63. The highest BCUT2D eigenvalue weighted by atomic mass is 16.3. The van der Waals surface area contributed by atoms with Crippen LogP contribution < -0.4 is 5.32 Å². The van der Waals surface area contributed by atoms with Crippen LogP contribution in [0.3, 0.4) is 0 Å². The molecule has 0 bridgehead atoms. The SMILES string of the molecule is Cn1ccnc1CC(=O)Nc1ccccc1O. The highest BCUT2D eigenvalue weighted by molar-refractivity contribution is 5.93. The van der Waals surface area contributed by atoms with E-state index in [9.17, 15) is 9.90 Å². The number of nitrogens with zero attached hydrogens (tertiary/aromatic N) is 2. The van der Waals surface area contributed by atoms with Crippen LogP contribution in [0.25, 0.3) is 0 Å². The largest absolute Gasteiger partial charge is 0.506 e. The molecule has 88 valence electrons. The third-order valence-corrected chi connectivity index (χ3v) is 2.42. The molecule has 2 aromatic rings. The molecule has 2 N–H and O–H groups in total. The van der Waals surface area contributed by atoms with Crippen LogP contribution in [-0.4, -0.2) is 20.6 Å². The molecule has 0 spiro atoms. The summed E-state index contributed by atoms with van der Waals surface area (Å²) in [5.41, 5.74) is 0.409. The first-order chi connectivity index (χ1) is 8.16. The molecule has 0 radical (unpaired) electrons. The van der Waals surface area contributed by atoms with Gasteiger partial charge in [-0.05, 0) is 12.1 Å². The van der Waals surface area contributed by atoms with Gasteiger partial charge in [-0.25, -0.2) is 4.98 Å². The molecule has 0 aliphatic heterocycles. The van der Waals surface area contributed by atoms with Gasteiger partial charge in [0.05, 0.1) is 12.1 Å². The molecule has 1 heterocycles. The number of anilines is 1. The Hall–Kier alpha value is -2.30. The summed E-state index contributed by atoms with van der Waals surface area (Å²) in [6, 6.07) is 6.61. The first-order valence-corrected chi connectivity index (χ1v) is 5.21. The Morgan fingerprint density at radius 3 is 2.88 bits per heavy atom. The zero-order valence-corrected chi connectivity index (χ0v) is 9.42. The Morgan fingerprint density at radius 2 is 2.24 bits per heavy atom. The fraction of sp³-hybridized carbons (Fsp3) is 0.167. The van der Waals surface area contributed by atoms with E-state index in [0.29, 0.717) is 11.5 Å². The van der Waals surface area contributed by atoms with E-state index in [1.165, 1.54) is 6.07 Å². The molecule has 0 aliphatic rings. The maximum absolute atomic E-state index is 11.7. The fourth-order valence-electron chi connectivity index (χ4n) is 1.48. The number of benzene rings is 1. The molecule has 2 rings (SSSR count). The minimum atomic E-state index is -0.208. The number of carbonyl (C=O) groups is 1. The maximum Gasteiger partial charge on any atom is 0.232 e. The van der Waals surface area contributed by atoms with E-state index in [-0.39, 0.29) is 18.1 Å². The zero-order chi connectivity index (χ0) is 12.3. The fourth-order valence-corrected chi connectivity index (χ4v) is 1.48. The molecule has 5 nitrogen and oxygen atoms in total. The topological polar surface area (TPSA) is 67.2 Å². The van der Waals surface area contributed by atoms with Crippen molar-refractivity contribution in [3.05, 3.63) is 42.5 Å². The van der Waals surface area contributed by atoms with Crippen LogP contribution in [0, 0.1) is 0 Å². The summed E-state index contributed by atoms with van der Waals surface area (Å²) >= 11 is 0. The number of phenols is 1. The van der Waals surface area contributed by atoms with Gasteiger partial charge in [-0.3, -0.25) is 4.79 Å². The minimum absolute atomic E-state index is 0.0562. The number of para-hydroxylation sites is 2. The van der Waals surface area contributed by atoms with Gasteiger partial charge in [0.25, 0.3) is 0 Å². The molecule has 17 heavy (non-hydrogen) atoms. The standard InChI is InChI=1S/C12H13N3O2/c1-15-7-6-13-11(15)8-12(17)14-9-4-2-3-5-10(9)16/h2-7,16H,8H2,1H3,(H,14,17). The molecule has 0 saturated heterocycles.